The van der Waals surface area contributed by atoms with E-state index in [1.807, 2.05) is 48.5 Å². The molecule has 0 spiro atoms. The minimum atomic E-state index is 0.508. The molecule has 0 fully saturated rings. The summed E-state index contributed by atoms with van der Waals surface area (Å²) in [4.78, 5) is 9.87. The van der Waals surface area contributed by atoms with Crippen LogP contribution in [0.4, 0.5) is 0 Å². The van der Waals surface area contributed by atoms with E-state index in [0.717, 1.165) is 22.6 Å². The minimum Gasteiger partial charge on any atom is -0.489 e. The van der Waals surface area contributed by atoms with Crippen molar-refractivity contribution in [3.05, 3.63) is 59.7 Å². The van der Waals surface area contributed by atoms with E-state index >= 15 is 0 Å². The maximum absolute atomic E-state index is 5.67. The molecule has 2 aromatic rings. The molecule has 0 aromatic heterocycles. The molecule has 1 aliphatic heterocycles. The zero-order chi connectivity index (χ0) is 11.5. The molecule has 86 valence electrons. The quantitative estimate of drug-likeness (QED) is 0.755. The molecule has 0 amide bonds. The molecule has 3 rings (SSSR count). The Morgan fingerprint density at radius 1 is 1.06 bits per heavy atom. The van der Waals surface area contributed by atoms with E-state index in [1.54, 1.807) is 0 Å². The Hall–Kier alpha value is -2.00. The Labute approximate surface area is 99.5 Å². The Bertz CT molecular complexity index is 508. The van der Waals surface area contributed by atoms with Gasteiger partial charge in [-0.2, -0.15) is 4.89 Å². The van der Waals surface area contributed by atoms with E-state index < -0.39 is 0 Å². The van der Waals surface area contributed by atoms with Crippen molar-refractivity contribution >= 4 is 0 Å². The Morgan fingerprint density at radius 3 is 2.82 bits per heavy atom. The lowest BCUT2D eigenvalue weighted by molar-refractivity contribution is -0.194. The normalized spacial score (nSPS) is 12.9. The average Bonchev–Trinajstić information content (AvgIpc) is 2.85. The van der Waals surface area contributed by atoms with Crippen LogP contribution in [0.3, 0.4) is 0 Å². The van der Waals surface area contributed by atoms with Gasteiger partial charge in [0.2, 0.25) is 0 Å². The number of hydrogen-bond acceptors (Lipinski definition) is 3. The van der Waals surface area contributed by atoms with E-state index in [-0.39, 0.29) is 0 Å². The van der Waals surface area contributed by atoms with Crippen LogP contribution in [-0.4, -0.2) is 0 Å². The van der Waals surface area contributed by atoms with Gasteiger partial charge in [-0.05, 0) is 29.8 Å². The summed E-state index contributed by atoms with van der Waals surface area (Å²) in [5.41, 5.74) is 2.18. The van der Waals surface area contributed by atoms with Crippen LogP contribution < -0.4 is 9.62 Å². The highest BCUT2D eigenvalue weighted by molar-refractivity contribution is 5.37. The number of rotatable bonds is 3. The summed E-state index contributed by atoms with van der Waals surface area (Å²) < 4.78 is 5.67. The molecule has 3 nitrogen and oxygen atoms in total. The fraction of sp³-hybridized carbons (Fsp3) is 0.143. The van der Waals surface area contributed by atoms with Crippen LogP contribution in [0, 0.1) is 0 Å². The largest absolute Gasteiger partial charge is 0.489 e. The van der Waals surface area contributed by atoms with Crippen molar-refractivity contribution in [2.75, 3.05) is 0 Å². The van der Waals surface area contributed by atoms with Crippen LogP contribution in [-0.2, 0) is 18.1 Å². The number of hydrogen-bond donors (Lipinski definition) is 0. The number of benzene rings is 2. The molecule has 0 bridgehead atoms. The van der Waals surface area contributed by atoms with Crippen molar-refractivity contribution in [3.63, 3.8) is 0 Å². The first-order chi connectivity index (χ1) is 8.42. The number of ether oxygens (including phenoxy) is 1. The molecular formula is C14H12O3. The molecule has 0 atom stereocenters. The van der Waals surface area contributed by atoms with E-state index in [9.17, 15) is 0 Å². The molecule has 2 aromatic carbocycles. The summed E-state index contributed by atoms with van der Waals surface area (Å²) in [5.74, 6) is 1.67. The van der Waals surface area contributed by atoms with Gasteiger partial charge in [0.1, 0.15) is 19.0 Å². The van der Waals surface area contributed by atoms with Gasteiger partial charge in [-0.25, -0.2) is 0 Å². The fourth-order valence-corrected chi connectivity index (χ4v) is 1.76. The Morgan fingerprint density at radius 2 is 1.94 bits per heavy atom. The van der Waals surface area contributed by atoms with E-state index in [0.29, 0.717) is 13.2 Å². The van der Waals surface area contributed by atoms with Crippen LogP contribution in [0.2, 0.25) is 0 Å². The Kier molecular flexibility index (Phi) is 2.68. The summed E-state index contributed by atoms with van der Waals surface area (Å²) in [6, 6.07) is 15.7. The van der Waals surface area contributed by atoms with Gasteiger partial charge in [0.15, 0.2) is 5.75 Å². The highest BCUT2D eigenvalue weighted by Gasteiger charge is 2.13. The van der Waals surface area contributed by atoms with E-state index in [1.165, 1.54) is 0 Å². The smallest absolute Gasteiger partial charge is 0.171 e. The van der Waals surface area contributed by atoms with Crippen molar-refractivity contribution in [1.82, 2.24) is 0 Å². The molecule has 0 radical (unpaired) electrons. The molecule has 1 heterocycles. The second-order valence-corrected chi connectivity index (χ2v) is 3.89. The van der Waals surface area contributed by atoms with Crippen molar-refractivity contribution < 1.29 is 14.5 Å². The second-order valence-electron chi connectivity index (χ2n) is 3.89. The number of fused-ring (bicyclic) bond motifs is 1. The van der Waals surface area contributed by atoms with Crippen LogP contribution in [0.15, 0.2) is 48.5 Å². The first-order valence-electron chi connectivity index (χ1n) is 5.51. The topological polar surface area (TPSA) is 27.7 Å². The minimum absolute atomic E-state index is 0.508. The average molecular weight is 228 g/mol. The predicted octanol–water partition coefficient (Wildman–Crippen LogP) is 3.09. The zero-order valence-corrected chi connectivity index (χ0v) is 9.26. The van der Waals surface area contributed by atoms with Gasteiger partial charge in [0, 0.05) is 5.56 Å². The fourth-order valence-electron chi connectivity index (χ4n) is 1.76. The van der Waals surface area contributed by atoms with Crippen molar-refractivity contribution in [2.24, 2.45) is 0 Å². The summed E-state index contributed by atoms with van der Waals surface area (Å²) in [7, 11) is 0. The highest BCUT2D eigenvalue weighted by atomic mass is 17.2. The second kappa shape index (κ2) is 4.47. The van der Waals surface area contributed by atoms with Gasteiger partial charge in [-0.15, -0.1) is 0 Å². The SMILES string of the molecule is c1ccc(OCc2ccc3c(c2)COO3)cc1. The molecule has 17 heavy (non-hydrogen) atoms. The van der Waals surface area contributed by atoms with Gasteiger partial charge in [0.05, 0.1) is 0 Å². The lowest BCUT2D eigenvalue weighted by Gasteiger charge is -2.06. The van der Waals surface area contributed by atoms with Crippen LogP contribution in [0.1, 0.15) is 11.1 Å². The lowest BCUT2D eigenvalue weighted by atomic mass is 10.1. The number of para-hydroxylation sites is 1. The van der Waals surface area contributed by atoms with Gasteiger partial charge < -0.3 is 9.62 Å². The van der Waals surface area contributed by atoms with E-state index in [4.69, 9.17) is 14.5 Å². The van der Waals surface area contributed by atoms with Gasteiger partial charge >= 0.3 is 0 Å². The summed E-state index contributed by atoms with van der Waals surface area (Å²) in [6.45, 7) is 1.06. The van der Waals surface area contributed by atoms with E-state index in [2.05, 4.69) is 0 Å². The summed E-state index contributed by atoms with van der Waals surface area (Å²) in [5, 5.41) is 0. The van der Waals surface area contributed by atoms with Crippen molar-refractivity contribution in [3.8, 4) is 11.5 Å². The molecule has 1 aliphatic rings. The molecule has 0 N–H and O–H groups in total. The van der Waals surface area contributed by atoms with Crippen LogP contribution in [0.5, 0.6) is 11.5 Å². The highest BCUT2D eigenvalue weighted by Crippen LogP contribution is 2.27. The van der Waals surface area contributed by atoms with Crippen LogP contribution in [0.25, 0.3) is 0 Å². The zero-order valence-electron chi connectivity index (χ0n) is 9.26. The molecule has 3 heteroatoms. The lowest BCUT2D eigenvalue weighted by Crippen LogP contribution is -1.95. The predicted molar refractivity (Wildman–Crippen MR) is 62.6 cm³/mol. The van der Waals surface area contributed by atoms with Crippen molar-refractivity contribution in [1.29, 1.82) is 0 Å². The molecule has 0 aliphatic carbocycles. The summed E-state index contributed by atoms with van der Waals surface area (Å²) >= 11 is 0. The van der Waals surface area contributed by atoms with Gasteiger partial charge in [-0.1, -0.05) is 24.3 Å². The first-order valence-corrected chi connectivity index (χ1v) is 5.51. The van der Waals surface area contributed by atoms with Gasteiger partial charge in [0.25, 0.3) is 0 Å². The maximum Gasteiger partial charge on any atom is 0.171 e. The standard InChI is InChI=1S/C14H12O3/c1-2-4-13(5-3-1)15-9-11-6-7-14-12(8-11)10-16-17-14/h1-8H,9-10H2. The summed E-state index contributed by atoms with van der Waals surface area (Å²) in [6.07, 6.45) is 0. The third-order valence-corrected chi connectivity index (χ3v) is 2.64. The van der Waals surface area contributed by atoms with Crippen LogP contribution >= 0.6 is 0 Å². The monoisotopic (exact) mass is 228 g/mol. The third kappa shape index (κ3) is 2.24. The van der Waals surface area contributed by atoms with Gasteiger partial charge in [-0.3, -0.25) is 0 Å². The molecule has 0 saturated heterocycles. The first kappa shape index (κ1) is 10.2. The van der Waals surface area contributed by atoms with Crippen molar-refractivity contribution in [2.45, 2.75) is 13.2 Å². The maximum atomic E-state index is 5.67. The Balaban J connectivity index is 1.70. The third-order valence-electron chi connectivity index (χ3n) is 2.64. The molecule has 0 unspecified atom stereocenters. The molecular weight excluding hydrogens is 216 g/mol. The molecule has 0 saturated carbocycles.